The van der Waals surface area contributed by atoms with Crippen molar-refractivity contribution in [3.8, 4) is 0 Å². The maximum absolute atomic E-state index is 11.6. The molecule has 0 saturated heterocycles. The van der Waals surface area contributed by atoms with Crippen LogP contribution in [0.5, 0.6) is 0 Å². The maximum Gasteiger partial charge on any atom is 0.269 e. The zero-order valence-electron chi connectivity index (χ0n) is 12.2. The molecule has 2 rings (SSSR count). The molecule has 0 aliphatic rings. The number of non-ortho nitro benzene ring substituents is 1. The molecular weight excluding hydrogens is 298 g/mol. The van der Waals surface area contributed by atoms with Gasteiger partial charge in [-0.25, -0.2) is 0 Å². The highest BCUT2D eigenvalue weighted by molar-refractivity contribution is 5.98. The van der Waals surface area contributed by atoms with Crippen LogP contribution in [0, 0.1) is 10.1 Å². The Morgan fingerprint density at radius 2 is 1.87 bits per heavy atom. The van der Waals surface area contributed by atoms with E-state index in [0.717, 1.165) is 11.3 Å². The lowest BCUT2D eigenvalue weighted by Gasteiger charge is -2.02. The first-order valence-corrected chi connectivity index (χ1v) is 6.87. The Balaban J connectivity index is 1.70. The van der Waals surface area contributed by atoms with E-state index in [9.17, 15) is 14.9 Å². The van der Waals surface area contributed by atoms with Gasteiger partial charge in [-0.05, 0) is 29.8 Å². The van der Waals surface area contributed by atoms with Gasteiger partial charge in [-0.3, -0.25) is 14.9 Å². The van der Waals surface area contributed by atoms with Gasteiger partial charge in [-0.15, -0.1) is 0 Å². The quantitative estimate of drug-likeness (QED) is 0.482. The van der Waals surface area contributed by atoms with E-state index in [2.05, 4.69) is 10.5 Å². The molecule has 7 nitrogen and oxygen atoms in total. The van der Waals surface area contributed by atoms with Crippen molar-refractivity contribution in [2.75, 3.05) is 5.32 Å². The molecule has 118 valence electrons. The van der Waals surface area contributed by atoms with Gasteiger partial charge in [0.15, 0.2) is 0 Å². The molecule has 0 saturated carbocycles. The number of anilines is 1. The molecule has 0 unspecified atom stereocenters. The number of hydrogen-bond acceptors (Lipinski definition) is 5. The smallest absolute Gasteiger partial charge is 0.269 e. The summed E-state index contributed by atoms with van der Waals surface area (Å²) in [5.74, 6) is -0.195. The summed E-state index contributed by atoms with van der Waals surface area (Å²) in [6, 6.07) is 15.1. The normalized spacial score (nSPS) is 10.4. The van der Waals surface area contributed by atoms with Crippen LogP contribution >= 0.6 is 0 Å². The van der Waals surface area contributed by atoms with Crippen LogP contribution in [0.2, 0.25) is 0 Å². The van der Waals surface area contributed by atoms with Crippen LogP contribution in [0.4, 0.5) is 11.4 Å². The second kappa shape index (κ2) is 8.28. The molecule has 1 N–H and O–H groups in total. The van der Waals surface area contributed by atoms with Crippen LogP contribution in [-0.2, 0) is 16.2 Å². The van der Waals surface area contributed by atoms with Crippen molar-refractivity contribution >= 4 is 23.5 Å². The second-order valence-electron chi connectivity index (χ2n) is 4.60. The molecule has 0 aliphatic heterocycles. The van der Waals surface area contributed by atoms with Gasteiger partial charge in [0.2, 0.25) is 5.91 Å². The summed E-state index contributed by atoms with van der Waals surface area (Å²) in [7, 11) is 0. The van der Waals surface area contributed by atoms with Gasteiger partial charge in [-0.1, -0.05) is 23.4 Å². The number of nitrogens with zero attached hydrogens (tertiary/aromatic N) is 2. The number of carbonyl (C=O) groups excluding carboxylic acids is 1. The molecule has 23 heavy (non-hydrogen) atoms. The highest BCUT2D eigenvalue weighted by Crippen LogP contribution is 2.12. The Labute approximate surface area is 132 Å². The predicted molar refractivity (Wildman–Crippen MR) is 86.1 cm³/mol. The summed E-state index contributed by atoms with van der Waals surface area (Å²) in [5.41, 5.74) is 1.49. The lowest BCUT2D eigenvalue weighted by molar-refractivity contribution is -0.384. The molecule has 7 heteroatoms. The predicted octanol–water partition coefficient (Wildman–Crippen LogP) is 3.13. The highest BCUT2D eigenvalue weighted by Gasteiger charge is 2.03. The largest absolute Gasteiger partial charge is 0.391 e. The topological polar surface area (TPSA) is 93.8 Å². The van der Waals surface area contributed by atoms with Gasteiger partial charge < -0.3 is 10.2 Å². The summed E-state index contributed by atoms with van der Waals surface area (Å²) in [6.45, 7) is 0.175. The van der Waals surface area contributed by atoms with Crippen LogP contribution < -0.4 is 5.32 Å². The number of benzene rings is 2. The van der Waals surface area contributed by atoms with E-state index >= 15 is 0 Å². The molecule has 2 aromatic rings. The van der Waals surface area contributed by atoms with Crippen LogP contribution in [0.1, 0.15) is 12.0 Å². The molecule has 0 aliphatic carbocycles. The molecule has 2 aromatic carbocycles. The third-order valence-corrected chi connectivity index (χ3v) is 2.86. The molecule has 0 bridgehead atoms. The van der Waals surface area contributed by atoms with Crippen LogP contribution in [0.15, 0.2) is 59.8 Å². The lowest BCUT2D eigenvalue weighted by atomic mass is 10.2. The summed E-state index contributed by atoms with van der Waals surface area (Å²) >= 11 is 0. The Kier molecular flexibility index (Phi) is 5.81. The van der Waals surface area contributed by atoms with Crippen molar-refractivity contribution in [2.24, 2.45) is 5.16 Å². The van der Waals surface area contributed by atoms with Gasteiger partial charge in [0, 0.05) is 17.8 Å². The first-order valence-electron chi connectivity index (χ1n) is 6.87. The maximum atomic E-state index is 11.6. The van der Waals surface area contributed by atoms with E-state index in [1.165, 1.54) is 18.3 Å². The summed E-state index contributed by atoms with van der Waals surface area (Å²) in [6.07, 6.45) is 1.46. The summed E-state index contributed by atoms with van der Waals surface area (Å²) in [5, 5.41) is 16.9. The van der Waals surface area contributed by atoms with Gasteiger partial charge in [0.05, 0.1) is 17.6 Å². The molecule has 0 aromatic heterocycles. The number of amides is 1. The van der Waals surface area contributed by atoms with E-state index in [0.29, 0.717) is 0 Å². The minimum atomic E-state index is -0.464. The number of hydrogen-bond donors (Lipinski definition) is 1. The Morgan fingerprint density at radius 3 is 2.52 bits per heavy atom. The number of para-hydroxylation sites is 1. The van der Waals surface area contributed by atoms with Crippen molar-refractivity contribution in [1.29, 1.82) is 0 Å². The van der Waals surface area contributed by atoms with Crippen molar-refractivity contribution in [3.05, 3.63) is 70.3 Å². The fourth-order valence-electron chi connectivity index (χ4n) is 1.73. The second-order valence-corrected chi connectivity index (χ2v) is 4.60. The third kappa shape index (κ3) is 5.58. The standard InChI is InChI=1S/C16H15N3O4/c20-16(18-14-4-2-1-3-5-14)10-11-17-23-12-13-6-8-15(9-7-13)19(21)22/h1-9,11H,10,12H2,(H,18,20)/b17-11+. The number of oxime groups is 1. The molecule has 0 radical (unpaired) electrons. The van der Waals surface area contributed by atoms with E-state index < -0.39 is 4.92 Å². The number of carbonyl (C=O) groups is 1. The first-order chi connectivity index (χ1) is 11.1. The highest BCUT2D eigenvalue weighted by atomic mass is 16.6. The molecule has 0 spiro atoms. The van der Waals surface area contributed by atoms with Gasteiger partial charge in [0.25, 0.3) is 5.69 Å². The van der Waals surface area contributed by atoms with Crippen molar-refractivity contribution in [2.45, 2.75) is 13.0 Å². The van der Waals surface area contributed by atoms with Crippen LogP contribution in [-0.4, -0.2) is 17.0 Å². The average molecular weight is 313 g/mol. The number of nitro benzene ring substituents is 1. The van der Waals surface area contributed by atoms with Crippen molar-refractivity contribution in [1.82, 2.24) is 0 Å². The number of nitro groups is 1. The Bertz CT molecular complexity index is 684. The van der Waals surface area contributed by atoms with Crippen molar-refractivity contribution in [3.63, 3.8) is 0 Å². The van der Waals surface area contributed by atoms with Crippen molar-refractivity contribution < 1.29 is 14.6 Å². The molecule has 1 amide bonds. The molecular formula is C16H15N3O4. The SMILES string of the molecule is O=C(C/C=N/OCc1ccc([N+](=O)[O-])cc1)Nc1ccccc1. The molecule has 0 atom stereocenters. The lowest BCUT2D eigenvalue weighted by Crippen LogP contribution is -2.11. The molecule has 0 heterocycles. The van der Waals surface area contributed by atoms with E-state index in [1.54, 1.807) is 24.3 Å². The Hall–Kier alpha value is -3.22. The molecule has 0 fully saturated rings. The average Bonchev–Trinajstić information content (AvgIpc) is 2.56. The zero-order chi connectivity index (χ0) is 16.5. The van der Waals surface area contributed by atoms with E-state index in [-0.39, 0.29) is 24.6 Å². The number of rotatable bonds is 7. The Morgan fingerprint density at radius 1 is 1.17 bits per heavy atom. The minimum Gasteiger partial charge on any atom is -0.391 e. The van der Waals surface area contributed by atoms with E-state index in [1.807, 2.05) is 18.2 Å². The summed E-state index contributed by atoms with van der Waals surface area (Å²) in [4.78, 5) is 26.7. The van der Waals surface area contributed by atoms with E-state index in [4.69, 9.17) is 4.84 Å². The monoisotopic (exact) mass is 313 g/mol. The van der Waals surface area contributed by atoms with Gasteiger partial charge >= 0.3 is 0 Å². The zero-order valence-corrected chi connectivity index (χ0v) is 12.2. The first kappa shape index (κ1) is 16.2. The fourth-order valence-corrected chi connectivity index (χ4v) is 1.73. The van der Waals surface area contributed by atoms with Crippen LogP contribution in [0.25, 0.3) is 0 Å². The van der Waals surface area contributed by atoms with Crippen LogP contribution in [0.3, 0.4) is 0 Å². The fraction of sp³-hybridized carbons (Fsp3) is 0.125. The van der Waals surface area contributed by atoms with Gasteiger partial charge in [-0.2, -0.15) is 0 Å². The summed E-state index contributed by atoms with van der Waals surface area (Å²) < 4.78 is 0. The third-order valence-electron chi connectivity index (χ3n) is 2.86. The van der Waals surface area contributed by atoms with Gasteiger partial charge in [0.1, 0.15) is 6.61 Å². The minimum absolute atomic E-state index is 0.0230. The number of nitrogens with one attached hydrogen (secondary N) is 1.